The zero-order chi connectivity index (χ0) is 20.2. The van der Waals surface area contributed by atoms with Crippen molar-refractivity contribution in [2.24, 2.45) is 0 Å². The average molecular weight is 395 g/mol. The van der Waals surface area contributed by atoms with E-state index in [2.05, 4.69) is 10.5 Å². The molecule has 2 aromatic rings. The second kappa shape index (κ2) is 8.56. The second-order valence-electron chi connectivity index (χ2n) is 6.65. The zero-order valence-corrected chi connectivity index (χ0v) is 16.6. The summed E-state index contributed by atoms with van der Waals surface area (Å²) < 4.78 is 55.9. The van der Waals surface area contributed by atoms with Gasteiger partial charge in [-0.2, -0.15) is 13.2 Å². The molecule has 2 aromatic carbocycles. The predicted molar refractivity (Wildman–Crippen MR) is 97.8 cm³/mol. The Bertz CT molecular complexity index is 733. The van der Waals surface area contributed by atoms with E-state index in [1.165, 1.54) is 6.07 Å². The molecule has 7 heteroatoms. The van der Waals surface area contributed by atoms with Crippen LogP contribution in [-0.4, -0.2) is 22.7 Å². The highest BCUT2D eigenvalue weighted by Gasteiger charge is 2.37. The van der Waals surface area contributed by atoms with Crippen molar-refractivity contribution in [3.05, 3.63) is 59.7 Å². The van der Waals surface area contributed by atoms with Gasteiger partial charge in [0.2, 0.25) is 0 Å². The van der Waals surface area contributed by atoms with Gasteiger partial charge in [0.25, 0.3) is 10.5 Å². The third-order valence-electron chi connectivity index (χ3n) is 3.68. The number of ether oxygens (including phenoxy) is 2. The number of benzene rings is 2. The van der Waals surface area contributed by atoms with Crippen LogP contribution in [0.25, 0.3) is 11.1 Å². The van der Waals surface area contributed by atoms with Crippen LogP contribution in [0.2, 0.25) is 0 Å². The van der Waals surface area contributed by atoms with Crippen LogP contribution in [0.5, 0.6) is 0 Å². The molecule has 0 fully saturated rings. The highest BCUT2D eigenvalue weighted by atomic mass is 28.2. The van der Waals surface area contributed by atoms with Gasteiger partial charge in [-0.05, 0) is 51.0 Å². The van der Waals surface area contributed by atoms with Crippen molar-refractivity contribution >= 4 is 10.5 Å². The molecule has 0 aliphatic rings. The Morgan fingerprint density at radius 1 is 0.778 bits per heavy atom. The summed E-state index contributed by atoms with van der Waals surface area (Å²) in [4.78, 5) is 0. The molecule has 0 unspecified atom stereocenters. The summed E-state index contributed by atoms with van der Waals surface area (Å²) in [6.45, 7) is 7.39. The first-order chi connectivity index (χ1) is 12.6. The summed E-state index contributed by atoms with van der Waals surface area (Å²) in [6.07, 6.45) is -4.77. The first-order valence-corrected chi connectivity index (χ1v) is 8.97. The summed E-state index contributed by atoms with van der Waals surface area (Å²) in [6, 6.07) is 12.0. The molecule has 0 atom stereocenters. The van der Waals surface area contributed by atoms with Crippen LogP contribution < -0.4 is 0 Å². The molecule has 0 aliphatic heterocycles. The lowest BCUT2D eigenvalue weighted by atomic mass is 10.0. The largest absolute Gasteiger partial charge is 0.416 e. The molecule has 0 saturated carbocycles. The minimum Gasteiger partial charge on any atom is -0.367 e. The molecule has 0 heterocycles. The maximum absolute atomic E-state index is 12.9. The van der Waals surface area contributed by atoms with Gasteiger partial charge in [0.1, 0.15) is 0 Å². The molecule has 0 saturated heterocycles. The second-order valence-corrected chi connectivity index (χ2v) is 6.85. The SMILES string of the molecule is CC(C)OC(O[Si])(OC(C)C)c1ccc(-c2cccc(C(F)(F)F)c2)cc1. The van der Waals surface area contributed by atoms with Crippen molar-refractivity contribution in [3.8, 4) is 11.1 Å². The Labute approximate surface area is 161 Å². The average Bonchev–Trinajstić information content (AvgIpc) is 2.60. The minimum absolute atomic E-state index is 0.191. The van der Waals surface area contributed by atoms with Gasteiger partial charge in [0, 0.05) is 5.56 Å². The summed E-state index contributed by atoms with van der Waals surface area (Å²) in [5.41, 5.74) is 1.00. The van der Waals surface area contributed by atoms with Crippen LogP contribution in [0.3, 0.4) is 0 Å². The third-order valence-corrected chi connectivity index (χ3v) is 3.95. The highest BCUT2D eigenvalue weighted by molar-refractivity contribution is 5.98. The Balaban J connectivity index is 2.39. The van der Waals surface area contributed by atoms with E-state index >= 15 is 0 Å². The topological polar surface area (TPSA) is 27.7 Å². The fourth-order valence-corrected chi connectivity index (χ4v) is 2.85. The van der Waals surface area contributed by atoms with Crippen LogP contribution in [0.15, 0.2) is 48.5 Å². The fourth-order valence-electron chi connectivity index (χ4n) is 2.63. The van der Waals surface area contributed by atoms with Crippen molar-refractivity contribution < 1.29 is 27.1 Å². The molecule has 0 aromatic heterocycles. The molecule has 3 radical (unpaired) electrons. The van der Waals surface area contributed by atoms with Crippen molar-refractivity contribution in [2.75, 3.05) is 0 Å². The molecule has 0 aliphatic carbocycles. The number of alkyl halides is 3. The molecule has 0 spiro atoms. The highest BCUT2D eigenvalue weighted by Crippen LogP contribution is 2.35. The van der Waals surface area contributed by atoms with Crippen molar-refractivity contribution in [3.63, 3.8) is 0 Å². The molecular formula is C20H22F3O3Si. The van der Waals surface area contributed by atoms with E-state index in [4.69, 9.17) is 13.9 Å². The van der Waals surface area contributed by atoms with Crippen LogP contribution in [0.1, 0.15) is 38.8 Å². The van der Waals surface area contributed by atoms with Gasteiger partial charge in [0.05, 0.1) is 17.8 Å². The summed E-state index contributed by atoms with van der Waals surface area (Å²) in [5.74, 6) is -1.47. The molecule has 0 amide bonds. The van der Waals surface area contributed by atoms with Gasteiger partial charge in [-0.1, -0.05) is 36.4 Å². The van der Waals surface area contributed by atoms with Crippen LogP contribution >= 0.6 is 0 Å². The molecule has 0 bridgehead atoms. The lowest BCUT2D eigenvalue weighted by Crippen LogP contribution is -2.40. The van der Waals surface area contributed by atoms with E-state index in [9.17, 15) is 13.2 Å². The van der Waals surface area contributed by atoms with Gasteiger partial charge >= 0.3 is 12.1 Å². The molecule has 27 heavy (non-hydrogen) atoms. The van der Waals surface area contributed by atoms with E-state index < -0.39 is 17.7 Å². The third kappa shape index (κ3) is 5.41. The molecule has 2 rings (SSSR count). The number of hydrogen-bond donors (Lipinski definition) is 0. The normalized spacial score (nSPS) is 12.8. The van der Waals surface area contributed by atoms with Crippen LogP contribution in [0.4, 0.5) is 13.2 Å². The first-order valence-electron chi connectivity index (χ1n) is 8.56. The van der Waals surface area contributed by atoms with Gasteiger partial charge < -0.3 is 13.9 Å². The molecule has 3 nitrogen and oxygen atoms in total. The maximum atomic E-state index is 12.9. The Kier molecular flexibility index (Phi) is 6.86. The zero-order valence-electron chi connectivity index (χ0n) is 15.6. The smallest absolute Gasteiger partial charge is 0.367 e. The van der Waals surface area contributed by atoms with E-state index in [0.717, 1.165) is 12.1 Å². The van der Waals surface area contributed by atoms with Gasteiger partial charge in [-0.3, -0.25) is 0 Å². The van der Waals surface area contributed by atoms with E-state index in [0.29, 0.717) is 16.7 Å². The van der Waals surface area contributed by atoms with Gasteiger partial charge in [-0.25, -0.2) is 0 Å². The molecule has 0 N–H and O–H groups in total. The first kappa shape index (κ1) is 21.6. The van der Waals surface area contributed by atoms with Crippen molar-refractivity contribution in [1.29, 1.82) is 0 Å². The van der Waals surface area contributed by atoms with E-state index in [1.807, 2.05) is 27.7 Å². The fraction of sp³-hybridized carbons (Fsp3) is 0.400. The molecule has 145 valence electrons. The Morgan fingerprint density at radius 3 is 1.78 bits per heavy atom. The lowest BCUT2D eigenvalue weighted by Gasteiger charge is -2.35. The lowest BCUT2D eigenvalue weighted by molar-refractivity contribution is -0.378. The predicted octanol–water partition coefficient (Wildman–Crippen LogP) is 5.43. The quantitative estimate of drug-likeness (QED) is 0.462. The molecular weight excluding hydrogens is 373 g/mol. The van der Waals surface area contributed by atoms with Crippen molar-refractivity contribution in [2.45, 2.75) is 52.1 Å². The number of hydrogen-bond acceptors (Lipinski definition) is 3. The van der Waals surface area contributed by atoms with Gasteiger partial charge in [-0.15, -0.1) is 0 Å². The number of halogens is 3. The van der Waals surface area contributed by atoms with E-state index in [1.54, 1.807) is 30.3 Å². The van der Waals surface area contributed by atoms with Crippen molar-refractivity contribution in [1.82, 2.24) is 0 Å². The maximum Gasteiger partial charge on any atom is 0.416 e. The van der Waals surface area contributed by atoms with Crippen LogP contribution in [-0.2, 0) is 26.0 Å². The Morgan fingerprint density at radius 2 is 1.33 bits per heavy atom. The van der Waals surface area contributed by atoms with Crippen LogP contribution in [0, 0.1) is 0 Å². The summed E-state index contributed by atoms with van der Waals surface area (Å²) >= 11 is 0. The number of rotatable bonds is 7. The standard InChI is InChI=1S/C20H22F3O3Si/c1-13(2)24-20(26-27,25-14(3)4)17-10-8-15(9-11-17)16-6-5-7-18(12-16)19(21,22)23/h5-14H,1-4H3. The Hall–Kier alpha value is -1.67. The van der Waals surface area contributed by atoms with Gasteiger partial charge in [0.15, 0.2) is 0 Å². The summed E-state index contributed by atoms with van der Waals surface area (Å²) in [7, 11) is 3.04. The summed E-state index contributed by atoms with van der Waals surface area (Å²) in [5, 5.41) is 0. The monoisotopic (exact) mass is 395 g/mol. The minimum atomic E-state index is -4.38. The van der Waals surface area contributed by atoms with E-state index in [-0.39, 0.29) is 12.2 Å².